The van der Waals surface area contributed by atoms with E-state index in [-0.39, 0.29) is 42.4 Å². The molecule has 7 fully saturated rings. The van der Waals surface area contributed by atoms with E-state index in [2.05, 4.69) is 16.0 Å². The van der Waals surface area contributed by atoms with Gasteiger partial charge in [0.25, 0.3) is 5.91 Å². The van der Waals surface area contributed by atoms with E-state index in [1.807, 2.05) is 11.8 Å². The highest BCUT2D eigenvalue weighted by molar-refractivity contribution is 5.99. The van der Waals surface area contributed by atoms with Crippen LogP contribution in [0.5, 0.6) is 0 Å². The Balaban J connectivity index is 0.999. The van der Waals surface area contributed by atoms with Crippen molar-refractivity contribution in [3.8, 4) is 0 Å². The second-order valence-corrected chi connectivity index (χ2v) is 16.5. The summed E-state index contributed by atoms with van der Waals surface area (Å²) in [6.07, 6.45) is 9.57. The number of alkyl halides is 1. The summed E-state index contributed by atoms with van der Waals surface area (Å²) in [5, 5.41) is 8.43. The number of urea groups is 1. The first-order valence-corrected chi connectivity index (χ1v) is 18.4. The van der Waals surface area contributed by atoms with E-state index in [1.54, 1.807) is 18.0 Å². The van der Waals surface area contributed by atoms with E-state index >= 15 is 4.39 Å². The Morgan fingerprint density at radius 1 is 0.917 bits per heavy atom. The number of carbonyl (C=O) groups is 4. The van der Waals surface area contributed by atoms with Crippen molar-refractivity contribution >= 4 is 29.4 Å². The van der Waals surface area contributed by atoms with Crippen molar-refractivity contribution in [2.75, 3.05) is 25.5 Å². The molecule has 0 spiro atoms. The van der Waals surface area contributed by atoms with E-state index in [0.29, 0.717) is 48.2 Å². The van der Waals surface area contributed by atoms with E-state index in [1.165, 1.54) is 31.4 Å². The smallest absolute Gasteiger partial charge is 0.318 e. The fraction of sp³-hybridized carbons (Fsp3) is 0.730. The number of hydrogen-bond donors (Lipinski definition) is 3. The van der Waals surface area contributed by atoms with Crippen LogP contribution in [0.15, 0.2) is 18.2 Å². The Morgan fingerprint density at radius 2 is 1.62 bits per heavy atom. The quantitative estimate of drug-likeness (QED) is 0.293. The van der Waals surface area contributed by atoms with Crippen molar-refractivity contribution in [2.24, 2.45) is 41.4 Å². The molecule has 9 nitrogen and oxygen atoms in total. The maximum Gasteiger partial charge on any atom is 0.318 e. The Labute approximate surface area is 281 Å². The predicted molar refractivity (Wildman–Crippen MR) is 175 cm³/mol. The van der Waals surface area contributed by atoms with Crippen LogP contribution in [-0.4, -0.2) is 77.5 Å². The highest BCUT2D eigenvalue weighted by atomic mass is 19.1. The minimum atomic E-state index is -1.91. The zero-order valence-corrected chi connectivity index (χ0v) is 28.1. The highest BCUT2D eigenvalue weighted by Gasteiger charge is 2.55. The number of nitrogens with zero attached hydrogens (tertiary/aromatic N) is 2. The molecule has 5 amide bonds. The first-order chi connectivity index (χ1) is 23.0. The summed E-state index contributed by atoms with van der Waals surface area (Å²) in [4.78, 5) is 57.6. The van der Waals surface area contributed by atoms with Crippen LogP contribution in [0.3, 0.4) is 0 Å². The highest BCUT2D eigenvalue weighted by Crippen LogP contribution is 2.56. The summed E-state index contributed by atoms with van der Waals surface area (Å²) >= 11 is 0. The molecule has 7 atom stereocenters. The molecule has 11 heteroatoms. The lowest BCUT2D eigenvalue weighted by atomic mass is 9.66. The van der Waals surface area contributed by atoms with Crippen LogP contribution in [0, 0.1) is 47.2 Å². The Bertz CT molecular complexity index is 1470. The number of fused-ring (bicyclic) bond motifs is 1. The largest absolute Gasteiger partial charge is 0.341 e. The molecule has 2 unspecified atom stereocenters. The van der Waals surface area contributed by atoms with Crippen LogP contribution in [-0.2, 0) is 14.4 Å². The van der Waals surface area contributed by atoms with E-state index in [4.69, 9.17) is 0 Å². The summed E-state index contributed by atoms with van der Waals surface area (Å²) in [5.74, 6) is 0.397. The summed E-state index contributed by atoms with van der Waals surface area (Å²) in [7, 11) is 1.75. The first-order valence-electron chi connectivity index (χ1n) is 18.4. The molecule has 1 saturated heterocycles. The molecule has 7 aliphatic rings. The Morgan fingerprint density at radius 3 is 2.25 bits per heavy atom. The summed E-state index contributed by atoms with van der Waals surface area (Å²) < 4.78 is 30.5. The molecule has 1 aliphatic heterocycles. The monoisotopic (exact) mass is 665 g/mol. The second-order valence-electron chi connectivity index (χ2n) is 16.5. The zero-order chi connectivity index (χ0) is 33.5. The summed E-state index contributed by atoms with van der Waals surface area (Å²) in [6.45, 7) is 3.24. The maximum absolute atomic E-state index is 15.8. The standard InChI is InChI=1S/C37H49F2N5O4/c1-19(31(42-36(48)43(2)26-8-9-26)34(46)44-17-20-13-24-15-25(18-44)27(24)14-20)23-7-10-29(28(38)16-23)40-33(45)32(41-35(47)37(39)11-12-37)30(21-3-4-21)22-5-6-22/h7,10,16,19-22,24-27,30-32H,3-6,8-9,11-15,17-18H2,1-2H3,(H,40,45)(H,41,47)(H,42,48)/t19-,20-,24?,25-,27?,31+,32-/m0/s1. The average Bonchev–Trinajstić information content (AvgIpc) is 3.83. The maximum atomic E-state index is 15.8. The van der Waals surface area contributed by atoms with Gasteiger partial charge in [-0.2, -0.15) is 0 Å². The molecule has 260 valence electrons. The molecule has 3 N–H and O–H groups in total. The molecule has 1 heterocycles. The van der Waals surface area contributed by atoms with Gasteiger partial charge in [0.2, 0.25) is 11.8 Å². The third-order valence-electron chi connectivity index (χ3n) is 12.9. The van der Waals surface area contributed by atoms with E-state index < -0.39 is 41.3 Å². The Hall–Kier alpha value is -3.24. The van der Waals surface area contributed by atoms with Crippen LogP contribution in [0.25, 0.3) is 0 Å². The van der Waals surface area contributed by atoms with Gasteiger partial charge < -0.3 is 25.8 Å². The molecule has 2 bridgehead atoms. The van der Waals surface area contributed by atoms with Crippen molar-refractivity contribution in [3.05, 3.63) is 29.6 Å². The number of hydrogen-bond acceptors (Lipinski definition) is 4. The van der Waals surface area contributed by atoms with Gasteiger partial charge in [0, 0.05) is 32.1 Å². The topological polar surface area (TPSA) is 111 Å². The Kier molecular flexibility index (Phi) is 7.98. The number of halogens is 2. The van der Waals surface area contributed by atoms with Gasteiger partial charge in [-0.1, -0.05) is 13.0 Å². The van der Waals surface area contributed by atoms with Crippen LogP contribution in [0.1, 0.15) is 89.0 Å². The van der Waals surface area contributed by atoms with Crippen LogP contribution in [0.4, 0.5) is 19.3 Å². The lowest BCUT2D eigenvalue weighted by Crippen LogP contribution is -2.56. The minimum Gasteiger partial charge on any atom is -0.341 e. The van der Waals surface area contributed by atoms with Crippen LogP contribution < -0.4 is 16.0 Å². The summed E-state index contributed by atoms with van der Waals surface area (Å²) in [6, 6.07) is 2.56. The van der Waals surface area contributed by atoms with E-state index in [9.17, 15) is 23.6 Å². The average molecular weight is 666 g/mol. The number of anilines is 1. The predicted octanol–water partition coefficient (Wildman–Crippen LogP) is 4.97. The molecule has 0 aromatic heterocycles. The van der Waals surface area contributed by atoms with E-state index in [0.717, 1.165) is 44.4 Å². The van der Waals surface area contributed by atoms with Gasteiger partial charge in [-0.3, -0.25) is 14.4 Å². The molecule has 1 aromatic rings. The van der Waals surface area contributed by atoms with Gasteiger partial charge in [-0.25, -0.2) is 13.6 Å². The van der Waals surface area contributed by atoms with Crippen LogP contribution >= 0.6 is 0 Å². The van der Waals surface area contributed by atoms with Gasteiger partial charge in [-0.05, 0) is 130 Å². The zero-order valence-electron chi connectivity index (χ0n) is 28.1. The molecule has 48 heavy (non-hydrogen) atoms. The van der Waals surface area contributed by atoms with Crippen molar-refractivity contribution in [2.45, 2.75) is 107 Å². The molecule has 6 aliphatic carbocycles. The molecule has 8 rings (SSSR count). The van der Waals surface area contributed by atoms with Crippen molar-refractivity contribution in [1.29, 1.82) is 0 Å². The lowest BCUT2D eigenvalue weighted by Gasteiger charge is -2.44. The number of likely N-dealkylation sites (tertiary alicyclic amines) is 1. The number of amides is 5. The lowest BCUT2D eigenvalue weighted by molar-refractivity contribution is -0.136. The third kappa shape index (κ3) is 6.19. The number of benzene rings is 1. The van der Waals surface area contributed by atoms with Crippen LogP contribution in [0.2, 0.25) is 0 Å². The normalized spacial score (nSPS) is 30.0. The fourth-order valence-electron chi connectivity index (χ4n) is 9.32. The van der Waals surface area contributed by atoms with Gasteiger partial charge in [0.05, 0.1) is 5.69 Å². The molecule has 1 aromatic carbocycles. The van der Waals surface area contributed by atoms with Crippen molar-refractivity contribution in [1.82, 2.24) is 20.4 Å². The third-order valence-corrected chi connectivity index (χ3v) is 12.9. The van der Waals surface area contributed by atoms with Gasteiger partial charge in [0.15, 0.2) is 5.67 Å². The van der Waals surface area contributed by atoms with Crippen molar-refractivity contribution in [3.63, 3.8) is 0 Å². The van der Waals surface area contributed by atoms with Gasteiger partial charge in [0.1, 0.15) is 17.9 Å². The summed E-state index contributed by atoms with van der Waals surface area (Å²) in [5.41, 5.74) is -1.42. The SMILES string of the molecule is C[C@@H](c1ccc(NC(=O)[C@@H](NC(=O)C2(F)CC2)C(C2CC2)C2CC2)c(F)c1)[C@@H](NC(=O)N(C)C1CC1)C(=O)N1C[C@H]2CC3C[C@@H](C1)C3C2. The number of nitrogens with one attached hydrogen (secondary N) is 3. The minimum absolute atomic E-state index is 0.0367. The number of carbonyl (C=O) groups excluding carboxylic acids is 4. The first kappa shape index (κ1) is 32.0. The molecular weight excluding hydrogens is 616 g/mol. The molecule has 0 radical (unpaired) electrons. The van der Waals surface area contributed by atoms with Gasteiger partial charge >= 0.3 is 6.03 Å². The van der Waals surface area contributed by atoms with Crippen molar-refractivity contribution < 1.29 is 28.0 Å². The molecule has 6 saturated carbocycles. The molecular formula is C37H49F2N5O4. The fourth-order valence-corrected chi connectivity index (χ4v) is 9.32. The van der Waals surface area contributed by atoms with Gasteiger partial charge in [-0.15, -0.1) is 0 Å². The number of rotatable bonds is 12. The second kappa shape index (κ2) is 12.0.